The first-order valence-electron chi connectivity index (χ1n) is 5.67. The zero-order valence-corrected chi connectivity index (χ0v) is 9.99. The van der Waals surface area contributed by atoms with E-state index in [9.17, 15) is 4.79 Å². The van der Waals surface area contributed by atoms with Gasteiger partial charge in [0, 0.05) is 13.1 Å². The predicted molar refractivity (Wildman–Crippen MR) is 66.5 cm³/mol. The van der Waals surface area contributed by atoms with Crippen molar-refractivity contribution < 1.29 is 4.79 Å². The molecule has 0 bridgehead atoms. The third-order valence-electron chi connectivity index (χ3n) is 2.46. The van der Waals surface area contributed by atoms with Crippen molar-refractivity contribution in [2.75, 3.05) is 13.1 Å². The van der Waals surface area contributed by atoms with Gasteiger partial charge < -0.3 is 10.6 Å². The van der Waals surface area contributed by atoms with E-state index in [0.717, 1.165) is 6.42 Å². The molecule has 0 aliphatic rings. The van der Waals surface area contributed by atoms with Crippen LogP contribution >= 0.6 is 0 Å². The molecule has 2 N–H and O–H groups in total. The van der Waals surface area contributed by atoms with E-state index in [2.05, 4.69) is 29.7 Å². The van der Waals surface area contributed by atoms with Crippen molar-refractivity contribution >= 4 is 6.03 Å². The van der Waals surface area contributed by atoms with Crippen LogP contribution in [0, 0.1) is 18.3 Å². The van der Waals surface area contributed by atoms with Gasteiger partial charge in [-0.05, 0) is 24.5 Å². The van der Waals surface area contributed by atoms with Gasteiger partial charge >= 0.3 is 6.03 Å². The Bertz CT molecular complexity index is 409. The smallest absolute Gasteiger partial charge is 0.314 e. The lowest BCUT2D eigenvalue weighted by atomic mass is 10.1. The molecule has 0 spiro atoms. The van der Waals surface area contributed by atoms with E-state index in [4.69, 9.17) is 5.26 Å². The number of urea groups is 1. The molecule has 2 amide bonds. The summed E-state index contributed by atoms with van der Waals surface area (Å²) in [4.78, 5) is 11.3. The van der Waals surface area contributed by atoms with Crippen LogP contribution in [0.5, 0.6) is 0 Å². The third-order valence-corrected chi connectivity index (χ3v) is 2.46. The van der Waals surface area contributed by atoms with Crippen molar-refractivity contribution in [2.45, 2.75) is 19.8 Å². The maximum Gasteiger partial charge on any atom is 0.314 e. The van der Waals surface area contributed by atoms with Crippen molar-refractivity contribution in [3.8, 4) is 6.07 Å². The molecule has 0 aliphatic heterocycles. The second-order valence-corrected chi connectivity index (χ2v) is 3.77. The lowest BCUT2D eigenvalue weighted by molar-refractivity contribution is 0.241. The molecular weight excluding hydrogens is 214 g/mol. The zero-order chi connectivity index (χ0) is 12.5. The van der Waals surface area contributed by atoms with Crippen molar-refractivity contribution in [2.24, 2.45) is 0 Å². The molecule has 4 heteroatoms. The number of hydrogen-bond acceptors (Lipinski definition) is 2. The SMILES string of the molecule is Cc1ccccc1CCNC(=O)NCCC#N. The molecule has 1 aromatic rings. The first kappa shape index (κ1) is 13.0. The summed E-state index contributed by atoms with van der Waals surface area (Å²) >= 11 is 0. The van der Waals surface area contributed by atoms with E-state index in [-0.39, 0.29) is 6.03 Å². The molecule has 0 aromatic heterocycles. The van der Waals surface area contributed by atoms with E-state index in [1.165, 1.54) is 11.1 Å². The summed E-state index contributed by atoms with van der Waals surface area (Å²) in [6, 6.07) is 9.87. The third kappa shape index (κ3) is 5.03. The highest BCUT2D eigenvalue weighted by atomic mass is 16.2. The molecule has 90 valence electrons. The standard InChI is InChI=1S/C13H17N3O/c1-11-5-2-3-6-12(11)7-10-16-13(17)15-9-4-8-14/h2-3,5-6H,4,7,9-10H2,1H3,(H2,15,16,17). The van der Waals surface area contributed by atoms with Crippen LogP contribution in [0.4, 0.5) is 4.79 Å². The number of amides is 2. The van der Waals surface area contributed by atoms with E-state index in [1.54, 1.807) is 0 Å². The summed E-state index contributed by atoms with van der Waals surface area (Å²) in [5.41, 5.74) is 2.48. The van der Waals surface area contributed by atoms with Gasteiger partial charge in [0.15, 0.2) is 0 Å². The van der Waals surface area contributed by atoms with Crippen molar-refractivity contribution in [3.05, 3.63) is 35.4 Å². The maximum absolute atomic E-state index is 11.3. The highest BCUT2D eigenvalue weighted by Gasteiger charge is 2.00. The molecule has 17 heavy (non-hydrogen) atoms. The first-order chi connectivity index (χ1) is 8.24. The second-order valence-electron chi connectivity index (χ2n) is 3.77. The fraction of sp³-hybridized carbons (Fsp3) is 0.385. The van der Waals surface area contributed by atoms with Crippen LogP contribution in [0.1, 0.15) is 17.5 Å². The molecule has 0 saturated carbocycles. The van der Waals surface area contributed by atoms with Crippen LogP contribution in [0.3, 0.4) is 0 Å². The molecule has 4 nitrogen and oxygen atoms in total. The average molecular weight is 231 g/mol. The Hall–Kier alpha value is -2.02. The number of nitrogens with zero attached hydrogens (tertiary/aromatic N) is 1. The first-order valence-corrected chi connectivity index (χ1v) is 5.67. The Morgan fingerprint density at radius 2 is 2.00 bits per heavy atom. The van der Waals surface area contributed by atoms with E-state index in [1.807, 2.05) is 18.2 Å². The van der Waals surface area contributed by atoms with Gasteiger partial charge in [-0.25, -0.2) is 4.79 Å². The van der Waals surface area contributed by atoms with Crippen molar-refractivity contribution in [3.63, 3.8) is 0 Å². The van der Waals surface area contributed by atoms with Gasteiger partial charge in [-0.3, -0.25) is 0 Å². The fourth-order valence-corrected chi connectivity index (χ4v) is 1.50. The maximum atomic E-state index is 11.3. The Morgan fingerprint density at radius 1 is 1.29 bits per heavy atom. The lowest BCUT2D eigenvalue weighted by Gasteiger charge is -2.07. The Kier molecular flexibility index (Phi) is 5.59. The van der Waals surface area contributed by atoms with Gasteiger partial charge in [0.25, 0.3) is 0 Å². The normalized spacial score (nSPS) is 9.41. The number of rotatable bonds is 5. The average Bonchev–Trinajstić information content (AvgIpc) is 2.32. The fourth-order valence-electron chi connectivity index (χ4n) is 1.50. The van der Waals surface area contributed by atoms with Crippen LogP contribution in [0.25, 0.3) is 0 Å². The molecule has 0 fully saturated rings. The zero-order valence-electron chi connectivity index (χ0n) is 9.99. The van der Waals surface area contributed by atoms with Crippen LogP contribution in [0.2, 0.25) is 0 Å². The summed E-state index contributed by atoms with van der Waals surface area (Å²) in [6.07, 6.45) is 1.16. The van der Waals surface area contributed by atoms with Crippen LogP contribution < -0.4 is 10.6 Å². The van der Waals surface area contributed by atoms with E-state index in [0.29, 0.717) is 19.5 Å². The van der Waals surface area contributed by atoms with Gasteiger partial charge in [0.1, 0.15) is 0 Å². The molecule has 0 radical (unpaired) electrons. The van der Waals surface area contributed by atoms with Crippen molar-refractivity contribution in [1.82, 2.24) is 10.6 Å². The molecular formula is C13H17N3O. The molecule has 0 saturated heterocycles. The van der Waals surface area contributed by atoms with Gasteiger partial charge in [-0.2, -0.15) is 5.26 Å². The molecule has 0 atom stereocenters. The highest BCUT2D eigenvalue weighted by molar-refractivity contribution is 5.73. The highest BCUT2D eigenvalue weighted by Crippen LogP contribution is 2.06. The quantitative estimate of drug-likeness (QED) is 0.758. The minimum absolute atomic E-state index is 0.214. The summed E-state index contributed by atoms with van der Waals surface area (Å²) in [5, 5.41) is 13.7. The molecule has 1 aromatic carbocycles. The number of hydrogen-bond donors (Lipinski definition) is 2. The summed E-state index contributed by atoms with van der Waals surface area (Å²) < 4.78 is 0. The number of benzene rings is 1. The van der Waals surface area contributed by atoms with Crippen LogP contribution in [-0.4, -0.2) is 19.1 Å². The second kappa shape index (κ2) is 7.29. The van der Waals surface area contributed by atoms with Crippen LogP contribution in [0.15, 0.2) is 24.3 Å². The Labute approximate surface area is 102 Å². The largest absolute Gasteiger partial charge is 0.338 e. The molecule has 0 heterocycles. The number of nitrogens with one attached hydrogen (secondary N) is 2. The summed E-state index contributed by atoms with van der Waals surface area (Å²) in [5.74, 6) is 0. The Balaban J connectivity index is 2.22. The van der Waals surface area contributed by atoms with Crippen molar-refractivity contribution in [1.29, 1.82) is 5.26 Å². The molecule has 1 rings (SSSR count). The van der Waals surface area contributed by atoms with Gasteiger partial charge in [0.05, 0.1) is 12.5 Å². The number of carbonyl (C=O) groups is 1. The van der Waals surface area contributed by atoms with Crippen LogP contribution in [-0.2, 0) is 6.42 Å². The predicted octanol–water partition coefficient (Wildman–Crippen LogP) is 1.75. The Morgan fingerprint density at radius 3 is 2.71 bits per heavy atom. The minimum Gasteiger partial charge on any atom is -0.338 e. The molecule has 0 unspecified atom stereocenters. The van der Waals surface area contributed by atoms with E-state index >= 15 is 0 Å². The topological polar surface area (TPSA) is 64.9 Å². The van der Waals surface area contributed by atoms with Gasteiger partial charge in [-0.1, -0.05) is 24.3 Å². The summed E-state index contributed by atoms with van der Waals surface area (Å²) in [6.45, 7) is 3.05. The lowest BCUT2D eigenvalue weighted by Crippen LogP contribution is -2.37. The molecule has 0 aliphatic carbocycles. The number of carbonyl (C=O) groups excluding carboxylic acids is 1. The van der Waals surface area contributed by atoms with Gasteiger partial charge in [-0.15, -0.1) is 0 Å². The minimum atomic E-state index is -0.214. The monoisotopic (exact) mass is 231 g/mol. The summed E-state index contributed by atoms with van der Waals surface area (Å²) in [7, 11) is 0. The van der Waals surface area contributed by atoms with Gasteiger partial charge in [0.2, 0.25) is 0 Å². The number of nitriles is 1. The number of aryl methyl sites for hydroxylation is 1. The van der Waals surface area contributed by atoms with E-state index < -0.39 is 0 Å².